The van der Waals surface area contributed by atoms with E-state index in [0.29, 0.717) is 17.8 Å². The van der Waals surface area contributed by atoms with E-state index in [-0.39, 0.29) is 40.1 Å². The Bertz CT molecular complexity index is 1700. The monoisotopic (exact) mass is 708 g/mol. The number of fused-ring (bicyclic) bond motifs is 7. The van der Waals surface area contributed by atoms with Gasteiger partial charge >= 0.3 is 5.97 Å². The maximum Gasteiger partial charge on any atom is 0.302 e. The van der Waals surface area contributed by atoms with E-state index in [1.807, 2.05) is 12.3 Å². The lowest BCUT2D eigenvalue weighted by atomic mass is 9.43. The van der Waals surface area contributed by atoms with E-state index in [2.05, 4.69) is 76.1 Å². The maximum absolute atomic E-state index is 15.9. The van der Waals surface area contributed by atoms with E-state index >= 15 is 4.79 Å². The number of aromatic amines is 1. The van der Waals surface area contributed by atoms with Crippen LogP contribution in [0.2, 0.25) is 0 Å². The third-order valence-corrected chi connectivity index (χ3v) is 17.9. The molecule has 2 aromatic rings. The molecule has 6 saturated carbocycles. The third-order valence-electron chi connectivity index (χ3n) is 17.9. The van der Waals surface area contributed by atoms with E-state index < -0.39 is 11.0 Å². The highest BCUT2D eigenvalue weighted by molar-refractivity contribution is 5.86. The van der Waals surface area contributed by atoms with Crippen LogP contribution in [0.1, 0.15) is 138 Å². The fraction of sp³-hybridized carbons (Fsp3) is 0.717. The first-order chi connectivity index (χ1) is 24.7. The summed E-state index contributed by atoms with van der Waals surface area (Å²) in [5.41, 5.74) is 1.81. The molecule has 6 nitrogen and oxygen atoms in total. The van der Waals surface area contributed by atoms with Gasteiger partial charge in [0.25, 0.3) is 0 Å². The Balaban J connectivity index is 1.14. The Labute approximate surface area is 313 Å². The lowest BCUT2D eigenvalue weighted by Crippen LogP contribution is -2.62. The quantitative estimate of drug-likeness (QED) is 0.231. The number of nitrogens with one attached hydrogen (secondary N) is 2. The van der Waals surface area contributed by atoms with Crippen molar-refractivity contribution >= 4 is 11.9 Å². The standard InChI is InChI=1S/C46H65N3O3/c1-28(2)44(8)39-37-21-20-34-33-19-17-32(52-29(3)50)26-31(33)16-18-35(34)36(37)22-25-46(39,43(6,7)42(44,4)5)41(51)49-45(23-12-13-24-45)40-47-27-38(48-40)30-14-10-9-11-15-30/h9-11,14-15,27,31-37,39H,1,12-13,16-26H2,2-8H3,(H,47,48)(H,49,51). The van der Waals surface area contributed by atoms with Crippen molar-refractivity contribution in [3.63, 3.8) is 0 Å². The van der Waals surface area contributed by atoms with Crippen LogP contribution < -0.4 is 5.32 Å². The molecule has 282 valence electrons. The van der Waals surface area contributed by atoms with Gasteiger partial charge in [-0.05, 0) is 141 Å². The molecule has 0 aliphatic heterocycles. The van der Waals surface area contributed by atoms with Crippen molar-refractivity contribution in [1.29, 1.82) is 0 Å². The van der Waals surface area contributed by atoms with Crippen molar-refractivity contribution in [2.75, 3.05) is 0 Å². The van der Waals surface area contributed by atoms with Crippen LogP contribution in [0.15, 0.2) is 48.7 Å². The average Bonchev–Trinajstić information content (AvgIpc) is 3.83. The van der Waals surface area contributed by atoms with E-state index in [9.17, 15) is 4.79 Å². The van der Waals surface area contributed by atoms with Gasteiger partial charge in [0.2, 0.25) is 5.91 Å². The summed E-state index contributed by atoms with van der Waals surface area (Å²) in [7, 11) is 0. The molecular weight excluding hydrogens is 643 g/mol. The summed E-state index contributed by atoms with van der Waals surface area (Å²) >= 11 is 0. The maximum atomic E-state index is 15.9. The van der Waals surface area contributed by atoms with Crippen LogP contribution in [0.25, 0.3) is 11.3 Å². The Morgan fingerprint density at radius 2 is 1.44 bits per heavy atom. The number of hydrogen-bond acceptors (Lipinski definition) is 4. The zero-order chi connectivity index (χ0) is 36.8. The summed E-state index contributed by atoms with van der Waals surface area (Å²) in [6, 6.07) is 10.4. The summed E-state index contributed by atoms with van der Waals surface area (Å²) in [5, 5.41) is 3.88. The number of aromatic nitrogens is 2. The van der Waals surface area contributed by atoms with E-state index in [1.54, 1.807) is 6.92 Å². The Morgan fingerprint density at radius 3 is 2.13 bits per heavy atom. The first-order valence-electron chi connectivity index (χ1n) is 20.9. The molecular formula is C46H65N3O3. The minimum Gasteiger partial charge on any atom is -0.463 e. The van der Waals surface area contributed by atoms with Gasteiger partial charge in [0.05, 0.1) is 22.8 Å². The molecule has 6 aliphatic rings. The van der Waals surface area contributed by atoms with E-state index in [0.717, 1.165) is 86.2 Å². The van der Waals surface area contributed by atoms with Gasteiger partial charge in [-0.3, -0.25) is 9.59 Å². The second-order valence-electron chi connectivity index (χ2n) is 19.8. The highest BCUT2D eigenvalue weighted by atomic mass is 16.5. The zero-order valence-corrected chi connectivity index (χ0v) is 33.2. The van der Waals surface area contributed by atoms with Crippen LogP contribution in [0.3, 0.4) is 0 Å². The number of carbonyl (C=O) groups is 2. The lowest BCUT2D eigenvalue weighted by Gasteiger charge is -2.61. The predicted octanol–water partition coefficient (Wildman–Crippen LogP) is 10.4. The molecule has 0 saturated heterocycles. The number of esters is 1. The molecule has 0 bridgehead atoms. The van der Waals surface area contributed by atoms with Crippen LogP contribution in [-0.2, 0) is 19.9 Å². The van der Waals surface area contributed by atoms with Crippen molar-refractivity contribution in [2.24, 2.45) is 63.1 Å². The van der Waals surface area contributed by atoms with Crippen LogP contribution in [0.5, 0.6) is 0 Å². The van der Waals surface area contributed by atoms with Gasteiger partial charge in [0.1, 0.15) is 11.9 Å². The minimum atomic E-state index is -0.512. The highest BCUT2D eigenvalue weighted by Gasteiger charge is 2.79. The lowest BCUT2D eigenvalue weighted by molar-refractivity contribution is -0.164. The van der Waals surface area contributed by atoms with Crippen molar-refractivity contribution in [1.82, 2.24) is 15.3 Å². The smallest absolute Gasteiger partial charge is 0.302 e. The zero-order valence-electron chi connectivity index (χ0n) is 33.2. The van der Waals surface area contributed by atoms with Crippen molar-refractivity contribution in [3.05, 3.63) is 54.5 Å². The molecule has 2 N–H and O–H groups in total. The van der Waals surface area contributed by atoms with Crippen LogP contribution in [0.4, 0.5) is 0 Å². The highest BCUT2D eigenvalue weighted by Crippen LogP contribution is 2.81. The summed E-state index contributed by atoms with van der Waals surface area (Å²) in [4.78, 5) is 36.4. The first kappa shape index (κ1) is 36.1. The molecule has 0 radical (unpaired) electrons. The number of rotatable bonds is 6. The molecule has 8 rings (SSSR count). The van der Waals surface area contributed by atoms with Gasteiger partial charge < -0.3 is 15.0 Å². The number of imidazole rings is 1. The second kappa shape index (κ2) is 12.6. The molecule has 10 atom stereocenters. The number of ether oxygens (including phenoxy) is 1. The van der Waals surface area contributed by atoms with Crippen LogP contribution in [-0.4, -0.2) is 27.9 Å². The number of amides is 1. The van der Waals surface area contributed by atoms with Crippen molar-refractivity contribution < 1.29 is 14.3 Å². The predicted molar refractivity (Wildman–Crippen MR) is 207 cm³/mol. The van der Waals surface area contributed by atoms with E-state index in [4.69, 9.17) is 16.3 Å². The van der Waals surface area contributed by atoms with Gasteiger partial charge in [-0.25, -0.2) is 4.98 Å². The largest absolute Gasteiger partial charge is 0.463 e. The molecule has 52 heavy (non-hydrogen) atoms. The van der Waals surface area contributed by atoms with E-state index in [1.165, 1.54) is 37.7 Å². The molecule has 1 aromatic carbocycles. The average molecular weight is 708 g/mol. The Hall–Kier alpha value is -2.89. The SMILES string of the molecule is C=C(C)C1(C)C2C3CCC4C5CCC(OC(C)=O)CC5CCC4C3CCC2(C(=O)NC2(c3ncc(-c4ccccc4)[nH]3)CCCC2)C(C)(C)C1(C)C. The normalized spacial score (nSPS) is 39.7. The number of benzene rings is 1. The minimum absolute atomic E-state index is 0.105. The summed E-state index contributed by atoms with van der Waals surface area (Å²) in [6.07, 6.45) is 16.4. The number of allylic oxidation sites excluding steroid dienone is 1. The third kappa shape index (κ3) is 4.96. The molecule has 6 aliphatic carbocycles. The van der Waals surface area contributed by atoms with Crippen molar-refractivity contribution in [2.45, 2.75) is 144 Å². The molecule has 6 heteroatoms. The second-order valence-corrected chi connectivity index (χ2v) is 19.8. The van der Waals surface area contributed by atoms with Gasteiger partial charge in [-0.2, -0.15) is 0 Å². The summed E-state index contributed by atoms with van der Waals surface area (Å²) in [5.74, 6) is 5.37. The fourth-order valence-electron chi connectivity index (χ4n) is 14.7. The fourth-order valence-corrected chi connectivity index (χ4v) is 14.7. The number of hydrogen-bond donors (Lipinski definition) is 2. The van der Waals surface area contributed by atoms with Gasteiger partial charge in [0, 0.05) is 6.92 Å². The van der Waals surface area contributed by atoms with Crippen LogP contribution in [0, 0.1) is 63.1 Å². The van der Waals surface area contributed by atoms with Gasteiger partial charge in [-0.1, -0.05) is 89.9 Å². The number of H-pyrrole nitrogens is 1. The molecule has 10 unspecified atom stereocenters. The Kier molecular flexibility index (Phi) is 8.74. The van der Waals surface area contributed by atoms with Gasteiger partial charge in [0.15, 0.2) is 0 Å². The van der Waals surface area contributed by atoms with Crippen molar-refractivity contribution in [3.8, 4) is 11.3 Å². The van der Waals surface area contributed by atoms with Crippen LogP contribution >= 0.6 is 0 Å². The molecule has 1 aromatic heterocycles. The topological polar surface area (TPSA) is 84.1 Å². The summed E-state index contributed by atoms with van der Waals surface area (Å²) < 4.78 is 5.74. The Morgan fingerprint density at radius 1 is 0.808 bits per heavy atom. The number of nitrogens with zero attached hydrogens (tertiary/aromatic N) is 1. The number of carbonyl (C=O) groups excluding carboxylic acids is 2. The molecule has 1 heterocycles. The molecule has 0 spiro atoms. The molecule has 1 amide bonds. The summed E-state index contributed by atoms with van der Waals surface area (Å²) in [6.45, 7) is 20.9. The first-order valence-corrected chi connectivity index (χ1v) is 20.9. The van der Waals surface area contributed by atoms with Gasteiger partial charge in [-0.15, -0.1) is 0 Å². The molecule has 6 fully saturated rings.